The molecule has 0 aliphatic heterocycles. The summed E-state index contributed by atoms with van der Waals surface area (Å²) in [5, 5.41) is 14.6. The van der Waals surface area contributed by atoms with Crippen LogP contribution >= 0.6 is 0 Å². The Hall–Kier alpha value is -2.04. The molecule has 1 atom stereocenters. The monoisotopic (exact) mass is 290 g/mol. The van der Waals surface area contributed by atoms with Crippen molar-refractivity contribution in [2.75, 3.05) is 0 Å². The highest BCUT2D eigenvalue weighted by Gasteiger charge is 2.33. The summed E-state index contributed by atoms with van der Waals surface area (Å²) in [6, 6.07) is 6.78. The van der Waals surface area contributed by atoms with Crippen LogP contribution in [0.25, 0.3) is 0 Å². The highest BCUT2D eigenvalue weighted by Crippen LogP contribution is 2.22. The third-order valence-corrected chi connectivity index (χ3v) is 3.77. The number of carboxylic acid groups (broad SMARTS) is 1. The van der Waals surface area contributed by atoms with Gasteiger partial charge in [-0.1, -0.05) is 45.0 Å². The Balaban J connectivity index is 1.93. The SMILES string of the molecule is CC(C)(C)[C@H](NC(=O)NC1Cc2ccccc2C1)C(=O)O. The number of benzene rings is 1. The van der Waals surface area contributed by atoms with Gasteiger partial charge in [0.15, 0.2) is 0 Å². The lowest BCUT2D eigenvalue weighted by atomic mass is 9.87. The number of hydrogen-bond donors (Lipinski definition) is 3. The number of hydrogen-bond acceptors (Lipinski definition) is 2. The first-order valence-electron chi connectivity index (χ1n) is 7.14. The molecule has 2 amide bonds. The number of nitrogens with one attached hydrogen (secondary N) is 2. The van der Waals surface area contributed by atoms with Gasteiger partial charge in [0.25, 0.3) is 0 Å². The predicted octanol–water partition coefficient (Wildman–Crippen LogP) is 1.95. The summed E-state index contributed by atoms with van der Waals surface area (Å²) in [7, 11) is 0. The van der Waals surface area contributed by atoms with E-state index in [0.717, 1.165) is 12.8 Å². The van der Waals surface area contributed by atoms with Gasteiger partial charge in [-0.05, 0) is 29.4 Å². The molecule has 1 aromatic rings. The van der Waals surface area contributed by atoms with Crippen molar-refractivity contribution in [3.63, 3.8) is 0 Å². The molecule has 0 saturated heterocycles. The average Bonchev–Trinajstić information content (AvgIpc) is 2.76. The van der Waals surface area contributed by atoms with Gasteiger partial charge in [0.1, 0.15) is 6.04 Å². The molecule has 114 valence electrons. The van der Waals surface area contributed by atoms with E-state index < -0.39 is 23.5 Å². The van der Waals surface area contributed by atoms with Gasteiger partial charge in [-0.25, -0.2) is 9.59 Å². The standard InChI is InChI=1S/C16H22N2O3/c1-16(2,3)13(14(19)20)18-15(21)17-12-8-10-6-4-5-7-11(10)9-12/h4-7,12-13H,8-9H2,1-3H3,(H,19,20)(H2,17,18,21)/t13-/m1/s1. The quantitative estimate of drug-likeness (QED) is 0.796. The lowest BCUT2D eigenvalue weighted by molar-refractivity contribution is -0.141. The topological polar surface area (TPSA) is 78.4 Å². The Morgan fingerprint density at radius 1 is 1.19 bits per heavy atom. The number of fused-ring (bicyclic) bond motifs is 1. The molecule has 0 radical (unpaired) electrons. The fourth-order valence-electron chi connectivity index (χ4n) is 2.67. The molecule has 1 aromatic carbocycles. The molecule has 3 N–H and O–H groups in total. The van der Waals surface area contributed by atoms with E-state index in [1.807, 2.05) is 12.1 Å². The smallest absolute Gasteiger partial charge is 0.326 e. The lowest BCUT2D eigenvalue weighted by Crippen LogP contribution is -2.54. The molecule has 0 bridgehead atoms. The van der Waals surface area contributed by atoms with Crippen molar-refractivity contribution in [3.8, 4) is 0 Å². The second-order valence-corrected chi connectivity index (χ2v) is 6.63. The van der Waals surface area contributed by atoms with E-state index in [4.69, 9.17) is 0 Å². The van der Waals surface area contributed by atoms with E-state index >= 15 is 0 Å². The van der Waals surface area contributed by atoms with Crippen molar-refractivity contribution in [3.05, 3.63) is 35.4 Å². The van der Waals surface area contributed by atoms with Gasteiger partial charge in [-0.2, -0.15) is 0 Å². The fourth-order valence-corrected chi connectivity index (χ4v) is 2.67. The maximum absolute atomic E-state index is 12.0. The van der Waals surface area contributed by atoms with Gasteiger partial charge in [0, 0.05) is 6.04 Å². The van der Waals surface area contributed by atoms with E-state index in [0.29, 0.717) is 0 Å². The van der Waals surface area contributed by atoms with Crippen LogP contribution in [0, 0.1) is 5.41 Å². The van der Waals surface area contributed by atoms with Gasteiger partial charge in [-0.3, -0.25) is 0 Å². The Morgan fingerprint density at radius 3 is 2.14 bits per heavy atom. The third-order valence-electron chi connectivity index (χ3n) is 3.77. The van der Waals surface area contributed by atoms with E-state index in [9.17, 15) is 14.7 Å². The number of aliphatic carboxylic acids is 1. The molecule has 0 unspecified atom stereocenters. The molecule has 0 saturated carbocycles. The summed E-state index contributed by atoms with van der Waals surface area (Å²) in [4.78, 5) is 23.3. The first-order valence-corrected chi connectivity index (χ1v) is 7.14. The number of carbonyl (C=O) groups excluding carboxylic acids is 1. The number of amides is 2. The Labute approximate surface area is 124 Å². The molecule has 0 spiro atoms. The van der Waals surface area contributed by atoms with Crippen LogP contribution in [0.15, 0.2) is 24.3 Å². The molecule has 2 rings (SSSR count). The minimum Gasteiger partial charge on any atom is -0.480 e. The van der Waals surface area contributed by atoms with Crippen LogP contribution < -0.4 is 10.6 Å². The molecule has 0 fully saturated rings. The van der Waals surface area contributed by atoms with Crippen LogP contribution in [0.5, 0.6) is 0 Å². The lowest BCUT2D eigenvalue weighted by Gasteiger charge is -2.28. The fraction of sp³-hybridized carbons (Fsp3) is 0.500. The molecule has 1 aliphatic rings. The number of rotatable bonds is 3. The number of carbonyl (C=O) groups is 2. The number of carboxylic acids is 1. The summed E-state index contributed by atoms with van der Waals surface area (Å²) in [5.74, 6) is -1.02. The van der Waals surface area contributed by atoms with Gasteiger partial charge < -0.3 is 15.7 Å². The molecule has 0 aromatic heterocycles. The summed E-state index contributed by atoms with van der Waals surface area (Å²) in [6.45, 7) is 5.37. The predicted molar refractivity (Wildman–Crippen MR) is 80.2 cm³/mol. The largest absolute Gasteiger partial charge is 0.480 e. The van der Waals surface area contributed by atoms with E-state index in [2.05, 4.69) is 22.8 Å². The Kier molecular flexibility index (Phi) is 4.21. The van der Waals surface area contributed by atoms with Crippen LogP contribution in [-0.4, -0.2) is 29.2 Å². The molecule has 1 aliphatic carbocycles. The first-order chi connectivity index (χ1) is 9.77. The molecular formula is C16H22N2O3. The zero-order valence-corrected chi connectivity index (χ0v) is 12.6. The minimum atomic E-state index is -1.02. The second kappa shape index (κ2) is 5.76. The molecule has 5 nitrogen and oxygen atoms in total. The van der Waals surface area contributed by atoms with E-state index in [1.54, 1.807) is 20.8 Å². The maximum Gasteiger partial charge on any atom is 0.326 e. The van der Waals surface area contributed by atoms with Crippen molar-refractivity contribution in [1.82, 2.24) is 10.6 Å². The Morgan fingerprint density at radius 2 is 1.71 bits per heavy atom. The van der Waals surface area contributed by atoms with Crippen molar-refractivity contribution in [2.24, 2.45) is 5.41 Å². The van der Waals surface area contributed by atoms with Gasteiger partial charge >= 0.3 is 12.0 Å². The van der Waals surface area contributed by atoms with Crippen LogP contribution in [-0.2, 0) is 17.6 Å². The maximum atomic E-state index is 12.0. The molecule has 0 heterocycles. The minimum absolute atomic E-state index is 0.0248. The Bertz CT molecular complexity index is 524. The average molecular weight is 290 g/mol. The first kappa shape index (κ1) is 15.4. The number of urea groups is 1. The summed E-state index contributed by atoms with van der Waals surface area (Å²) < 4.78 is 0. The summed E-state index contributed by atoms with van der Waals surface area (Å²) in [5.41, 5.74) is 1.95. The zero-order chi connectivity index (χ0) is 15.6. The van der Waals surface area contributed by atoms with Crippen LogP contribution in [0.3, 0.4) is 0 Å². The van der Waals surface area contributed by atoms with Gasteiger partial charge in [0.05, 0.1) is 0 Å². The van der Waals surface area contributed by atoms with Crippen LogP contribution in [0.1, 0.15) is 31.9 Å². The summed E-state index contributed by atoms with van der Waals surface area (Å²) >= 11 is 0. The van der Waals surface area contributed by atoms with Gasteiger partial charge in [-0.15, -0.1) is 0 Å². The van der Waals surface area contributed by atoms with Crippen LogP contribution in [0.2, 0.25) is 0 Å². The van der Waals surface area contributed by atoms with E-state index in [-0.39, 0.29) is 6.04 Å². The van der Waals surface area contributed by atoms with Crippen LogP contribution in [0.4, 0.5) is 4.79 Å². The van der Waals surface area contributed by atoms with Crippen molar-refractivity contribution < 1.29 is 14.7 Å². The van der Waals surface area contributed by atoms with Crippen molar-refractivity contribution in [2.45, 2.75) is 45.7 Å². The highest BCUT2D eigenvalue weighted by atomic mass is 16.4. The normalized spacial score (nSPS) is 16.1. The summed E-state index contributed by atoms with van der Waals surface area (Å²) in [6.07, 6.45) is 1.58. The third kappa shape index (κ3) is 3.74. The van der Waals surface area contributed by atoms with Crippen molar-refractivity contribution in [1.29, 1.82) is 0 Å². The van der Waals surface area contributed by atoms with Crippen molar-refractivity contribution >= 4 is 12.0 Å². The van der Waals surface area contributed by atoms with E-state index in [1.165, 1.54) is 11.1 Å². The molecule has 5 heteroatoms. The molecular weight excluding hydrogens is 268 g/mol. The molecule has 21 heavy (non-hydrogen) atoms. The highest BCUT2D eigenvalue weighted by molar-refractivity contribution is 5.83. The zero-order valence-electron chi connectivity index (χ0n) is 12.6. The second-order valence-electron chi connectivity index (χ2n) is 6.63. The van der Waals surface area contributed by atoms with Gasteiger partial charge in [0.2, 0.25) is 0 Å².